The Morgan fingerprint density at radius 1 is 1.25 bits per heavy atom. The van der Waals surface area contributed by atoms with E-state index < -0.39 is 31.0 Å². The van der Waals surface area contributed by atoms with Crippen LogP contribution in [-0.4, -0.2) is 36.1 Å². The highest BCUT2D eigenvalue weighted by Gasteiger charge is 2.39. The minimum Gasteiger partial charge on any atom is -0.394 e. The van der Waals surface area contributed by atoms with Gasteiger partial charge in [0.25, 0.3) is 0 Å². The SMILES string of the molecule is CC(C)CC(N)C(CO)OC(C)C(F)(F)F. The summed E-state index contributed by atoms with van der Waals surface area (Å²) in [5.41, 5.74) is 5.67. The minimum absolute atomic E-state index is 0.244. The number of ether oxygens (including phenoxy) is 1. The lowest BCUT2D eigenvalue weighted by Crippen LogP contribution is -2.45. The fourth-order valence-electron chi connectivity index (χ4n) is 1.31. The predicted molar refractivity (Wildman–Crippen MR) is 54.9 cm³/mol. The van der Waals surface area contributed by atoms with Crippen LogP contribution in [0.4, 0.5) is 13.2 Å². The Bertz CT molecular complexity index is 197. The molecule has 0 aromatic heterocycles. The molecule has 98 valence electrons. The van der Waals surface area contributed by atoms with Gasteiger partial charge in [0.1, 0.15) is 0 Å². The lowest BCUT2D eigenvalue weighted by Gasteiger charge is -2.27. The number of rotatable bonds is 6. The van der Waals surface area contributed by atoms with E-state index >= 15 is 0 Å². The summed E-state index contributed by atoms with van der Waals surface area (Å²) >= 11 is 0. The summed E-state index contributed by atoms with van der Waals surface area (Å²) in [6.07, 6.45) is -6.80. The molecular formula is C10H20F3NO2. The maximum absolute atomic E-state index is 12.2. The van der Waals surface area contributed by atoms with Crippen LogP contribution in [0.5, 0.6) is 0 Å². The third-order valence-corrected chi connectivity index (χ3v) is 2.24. The van der Waals surface area contributed by atoms with E-state index in [1.54, 1.807) is 0 Å². The van der Waals surface area contributed by atoms with E-state index in [0.717, 1.165) is 6.92 Å². The molecule has 0 spiro atoms. The number of alkyl halides is 3. The highest BCUT2D eigenvalue weighted by atomic mass is 19.4. The molecular weight excluding hydrogens is 223 g/mol. The normalized spacial score (nSPS) is 18.6. The van der Waals surface area contributed by atoms with Crippen LogP contribution >= 0.6 is 0 Å². The second-order valence-corrected chi connectivity index (χ2v) is 4.33. The smallest absolute Gasteiger partial charge is 0.394 e. The molecule has 0 amide bonds. The zero-order valence-corrected chi connectivity index (χ0v) is 9.79. The maximum Gasteiger partial charge on any atom is 0.414 e. The van der Waals surface area contributed by atoms with Crippen molar-refractivity contribution < 1.29 is 23.0 Å². The van der Waals surface area contributed by atoms with Crippen molar-refractivity contribution in [2.24, 2.45) is 11.7 Å². The highest BCUT2D eigenvalue weighted by molar-refractivity contribution is 4.76. The van der Waals surface area contributed by atoms with Crippen molar-refractivity contribution in [2.75, 3.05) is 6.61 Å². The standard InChI is InChI=1S/C10H20F3NO2/c1-6(2)4-8(14)9(5-15)16-7(3)10(11,12)13/h6-9,15H,4-5,14H2,1-3H3. The molecule has 3 atom stereocenters. The molecule has 6 heteroatoms. The van der Waals surface area contributed by atoms with Crippen molar-refractivity contribution in [1.29, 1.82) is 0 Å². The molecule has 0 fully saturated rings. The summed E-state index contributed by atoms with van der Waals surface area (Å²) < 4.78 is 41.4. The third-order valence-electron chi connectivity index (χ3n) is 2.24. The molecule has 0 saturated carbocycles. The van der Waals surface area contributed by atoms with Crippen molar-refractivity contribution in [3.05, 3.63) is 0 Å². The molecule has 0 aliphatic carbocycles. The Labute approximate surface area is 93.8 Å². The molecule has 0 saturated heterocycles. The molecule has 0 rings (SSSR count). The molecule has 0 aliphatic rings. The Kier molecular flexibility index (Phi) is 6.28. The third kappa shape index (κ3) is 5.67. The van der Waals surface area contributed by atoms with Gasteiger partial charge in [-0.3, -0.25) is 0 Å². The molecule has 0 aliphatic heterocycles. The summed E-state index contributed by atoms with van der Waals surface area (Å²) in [6.45, 7) is 4.21. The van der Waals surface area contributed by atoms with Crippen LogP contribution in [0.2, 0.25) is 0 Å². The Hall–Kier alpha value is -0.330. The van der Waals surface area contributed by atoms with Crippen LogP contribution < -0.4 is 5.73 Å². The molecule has 0 aromatic rings. The summed E-state index contributed by atoms with van der Waals surface area (Å²) in [7, 11) is 0. The van der Waals surface area contributed by atoms with E-state index in [1.165, 1.54) is 0 Å². The van der Waals surface area contributed by atoms with Crippen molar-refractivity contribution >= 4 is 0 Å². The first kappa shape index (κ1) is 15.7. The van der Waals surface area contributed by atoms with Gasteiger partial charge in [-0.2, -0.15) is 13.2 Å². The van der Waals surface area contributed by atoms with Crippen LogP contribution in [0.25, 0.3) is 0 Å². The van der Waals surface area contributed by atoms with Gasteiger partial charge in [-0.25, -0.2) is 0 Å². The lowest BCUT2D eigenvalue weighted by molar-refractivity contribution is -0.232. The first-order chi connectivity index (χ1) is 7.18. The summed E-state index contributed by atoms with van der Waals surface area (Å²) in [5, 5.41) is 8.95. The monoisotopic (exact) mass is 243 g/mol. The van der Waals surface area contributed by atoms with Crippen LogP contribution in [0.1, 0.15) is 27.2 Å². The Morgan fingerprint density at radius 2 is 1.75 bits per heavy atom. The van der Waals surface area contributed by atoms with Gasteiger partial charge in [0.05, 0.1) is 12.7 Å². The molecule has 0 radical (unpaired) electrons. The van der Waals surface area contributed by atoms with E-state index in [9.17, 15) is 13.2 Å². The summed E-state index contributed by atoms with van der Waals surface area (Å²) in [4.78, 5) is 0. The first-order valence-corrected chi connectivity index (χ1v) is 5.27. The van der Waals surface area contributed by atoms with Crippen LogP contribution in [0.15, 0.2) is 0 Å². The summed E-state index contributed by atoms with van der Waals surface area (Å²) in [6, 6.07) is -0.588. The molecule has 0 bridgehead atoms. The quantitative estimate of drug-likeness (QED) is 0.746. The van der Waals surface area contributed by atoms with Gasteiger partial charge in [0, 0.05) is 6.04 Å². The van der Waals surface area contributed by atoms with Crippen molar-refractivity contribution in [3.63, 3.8) is 0 Å². The zero-order chi connectivity index (χ0) is 12.9. The molecule has 16 heavy (non-hydrogen) atoms. The number of nitrogens with two attached hydrogens (primary N) is 1. The van der Waals surface area contributed by atoms with Crippen LogP contribution in [0, 0.1) is 5.92 Å². The maximum atomic E-state index is 12.2. The molecule has 3 N–H and O–H groups in total. The largest absolute Gasteiger partial charge is 0.414 e. The van der Waals surface area contributed by atoms with Gasteiger partial charge in [0.15, 0.2) is 6.10 Å². The second kappa shape index (κ2) is 6.42. The number of aliphatic hydroxyl groups excluding tert-OH is 1. The molecule has 0 aromatic carbocycles. The highest BCUT2D eigenvalue weighted by Crippen LogP contribution is 2.24. The van der Waals surface area contributed by atoms with Gasteiger partial charge in [-0.15, -0.1) is 0 Å². The van der Waals surface area contributed by atoms with E-state index in [4.69, 9.17) is 15.6 Å². The van der Waals surface area contributed by atoms with Gasteiger partial charge in [-0.05, 0) is 19.3 Å². The topological polar surface area (TPSA) is 55.5 Å². The number of aliphatic hydroxyl groups is 1. The Balaban J connectivity index is 4.29. The molecule has 0 heterocycles. The van der Waals surface area contributed by atoms with Crippen LogP contribution in [-0.2, 0) is 4.74 Å². The first-order valence-electron chi connectivity index (χ1n) is 5.27. The number of halogens is 3. The predicted octanol–water partition coefficient (Wildman–Crippen LogP) is 1.69. The fourth-order valence-corrected chi connectivity index (χ4v) is 1.31. The summed E-state index contributed by atoms with van der Waals surface area (Å²) in [5.74, 6) is 0.244. The average molecular weight is 243 g/mol. The van der Waals surface area contributed by atoms with E-state index in [-0.39, 0.29) is 5.92 Å². The van der Waals surface area contributed by atoms with Gasteiger partial charge in [0.2, 0.25) is 0 Å². The minimum atomic E-state index is -4.43. The van der Waals surface area contributed by atoms with Gasteiger partial charge >= 0.3 is 6.18 Å². The fraction of sp³-hybridized carbons (Fsp3) is 1.00. The second-order valence-electron chi connectivity index (χ2n) is 4.33. The lowest BCUT2D eigenvalue weighted by atomic mass is 10.0. The Morgan fingerprint density at radius 3 is 2.06 bits per heavy atom. The van der Waals surface area contributed by atoms with Crippen molar-refractivity contribution in [1.82, 2.24) is 0 Å². The van der Waals surface area contributed by atoms with Gasteiger partial charge < -0.3 is 15.6 Å². The zero-order valence-electron chi connectivity index (χ0n) is 9.79. The van der Waals surface area contributed by atoms with Gasteiger partial charge in [-0.1, -0.05) is 13.8 Å². The molecule has 3 nitrogen and oxygen atoms in total. The van der Waals surface area contributed by atoms with Crippen molar-refractivity contribution in [2.45, 2.75) is 51.6 Å². The van der Waals surface area contributed by atoms with E-state index in [1.807, 2.05) is 13.8 Å². The average Bonchev–Trinajstić information content (AvgIpc) is 2.10. The van der Waals surface area contributed by atoms with E-state index in [0.29, 0.717) is 6.42 Å². The van der Waals surface area contributed by atoms with Crippen molar-refractivity contribution in [3.8, 4) is 0 Å². The number of hydrogen-bond acceptors (Lipinski definition) is 3. The number of hydrogen-bond donors (Lipinski definition) is 2. The van der Waals surface area contributed by atoms with E-state index in [2.05, 4.69) is 0 Å². The molecule has 3 unspecified atom stereocenters. The van der Waals surface area contributed by atoms with Crippen LogP contribution in [0.3, 0.4) is 0 Å².